The number of benzene rings is 1. The largest absolute Gasteiger partial charge is 0.465 e. The number of esters is 2. The Morgan fingerprint density at radius 3 is 2.79 bits per heavy atom. The van der Waals surface area contributed by atoms with Crippen molar-refractivity contribution in [1.29, 1.82) is 0 Å². The van der Waals surface area contributed by atoms with E-state index < -0.39 is 14.1 Å². The third-order valence-electron chi connectivity index (χ3n) is 5.08. The van der Waals surface area contributed by atoms with Crippen LogP contribution in [0.2, 0.25) is 25.7 Å². The van der Waals surface area contributed by atoms with Gasteiger partial charge in [0.15, 0.2) is 0 Å². The first-order chi connectivity index (χ1) is 13.8. The van der Waals surface area contributed by atoms with E-state index in [4.69, 9.17) is 9.47 Å². The van der Waals surface area contributed by atoms with Gasteiger partial charge in [-0.15, -0.1) is 6.58 Å². The van der Waals surface area contributed by atoms with Gasteiger partial charge in [-0.2, -0.15) is 0 Å². The lowest BCUT2D eigenvalue weighted by molar-refractivity contribution is -0.145. The summed E-state index contributed by atoms with van der Waals surface area (Å²) in [6.45, 7) is 11.9. The number of fused-ring (bicyclic) bond motifs is 1. The number of rotatable bonds is 8. The number of nitrogens with one attached hydrogen (secondary N) is 1. The van der Waals surface area contributed by atoms with Crippen molar-refractivity contribution in [2.45, 2.75) is 50.8 Å². The Bertz CT molecular complexity index is 900. The molecule has 156 valence electrons. The number of nitrogens with zero attached hydrogens (tertiary/aromatic N) is 1. The standard InChI is InChI=1S/C22H30N2O4Si/c1-5-10-24-19-9-7-6-8-16(19)13-20(24)22(26)28-17-14-18(23-15-17)21(25)27-11-12-29(2,3)4/h5-9,13,17-18,23H,1,10-12,14-15H2,2-4H3/t17-,18+/m1/s1. The van der Waals surface area contributed by atoms with E-state index in [9.17, 15) is 9.59 Å². The molecule has 1 aliphatic heterocycles. The molecule has 0 radical (unpaired) electrons. The van der Waals surface area contributed by atoms with Gasteiger partial charge in [0.2, 0.25) is 0 Å². The predicted molar refractivity (Wildman–Crippen MR) is 117 cm³/mol. The lowest BCUT2D eigenvalue weighted by Gasteiger charge is -2.17. The second kappa shape index (κ2) is 8.96. The Morgan fingerprint density at radius 2 is 2.07 bits per heavy atom. The van der Waals surface area contributed by atoms with E-state index >= 15 is 0 Å². The number of carbonyl (C=O) groups excluding carboxylic acids is 2. The van der Waals surface area contributed by atoms with Gasteiger partial charge >= 0.3 is 11.9 Å². The second-order valence-electron chi connectivity index (χ2n) is 8.69. The molecule has 2 heterocycles. The summed E-state index contributed by atoms with van der Waals surface area (Å²) in [5, 5.41) is 4.10. The topological polar surface area (TPSA) is 69.6 Å². The summed E-state index contributed by atoms with van der Waals surface area (Å²) in [6, 6.07) is 10.2. The zero-order valence-electron chi connectivity index (χ0n) is 17.4. The number of hydrogen-bond acceptors (Lipinski definition) is 5. The lowest BCUT2D eigenvalue weighted by Crippen LogP contribution is -2.33. The molecule has 1 aromatic heterocycles. The van der Waals surface area contributed by atoms with Gasteiger partial charge in [-0.25, -0.2) is 4.79 Å². The third kappa shape index (κ3) is 5.36. The Balaban J connectivity index is 1.59. The molecule has 1 N–H and O–H groups in total. The average molecular weight is 415 g/mol. The van der Waals surface area contributed by atoms with Crippen LogP contribution in [0.15, 0.2) is 43.0 Å². The van der Waals surface area contributed by atoms with Crippen molar-refractivity contribution < 1.29 is 19.1 Å². The molecule has 0 saturated carbocycles. The number of carbonyl (C=O) groups is 2. The van der Waals surface area contributed by atoms with E-state index in [2.05, 4.69) is 31.5 Å². The summed E-state index contributed by atoms with van der Waals surface area (Å²) in [5.41, 5.74) is 1.46. The van der Waals surface area contributed by atoms with Crippen LogP contribution in [0.3, 0.4) is 0 Å². The van der Waals surface area contributed by atoms with Crippen LogP contribution in [0.5, 0.6) is 0 Å². The summed E-state index contributed by atoms with van der Waals surface area (Å²) in [6.07, 6.45) is 1.83. The summed E-state index contributed by atoms with van der Waals surface area (Å²) >= 11 is 0. The van der Waals surface area contributed by atoms with Crippen molar-refractivity contribution in [3.05, 3.63) is 48.7 Å². The minimum absolute atomic E-state index is 0.262. The van der Waals surface area contributed by atoms with E-state index in [-0.39, 0.29) is 18.0 Å². The Hall–Kier alpha value is -2.38. The fraction of sp³-hybridized carbons (Fsp3) is 0.455. The van der Waals surface area contributed by atoms with Crippen LogP contribution < -0.4 is 5.32 Å². The lowest BCUT2D eigenvalue weighted by atomic mass is 10.2. The molecular formula is C22H30N2O4Si. The van der Waals surface area contributed by atoms with Gasteiger partial charge in [-0.3, -0.25) is 4.79 Å². The van der Waals surface area contributed by atoms with Crippen molar-refractivity contribution in [2.75, 3.05) is 13.2 Å². The number of allylic oxidation sites excluding steroid dienone is 1. The molecule has 2 atom stereocenters. The highest BCUT2D eigenvalue weighted by atomic mass is 28.3. The summed E-state index contributed by atoms with van der Waals surface area (Å²) in [7, 11) is -1.24. The smallest absolute Gasteiger partial charge is 0.355 e. The van der Waals surface area contributed by atoms with Crippen molar-refractivity contribution in [2.24, 2.45) is 0 Å². The van der Waals surface area contributed by atoms with Crippen LogP contribution in [0.1, 0.15) is 16.9 Å². The third-order valence-corrected chi connectivity index (χ3v) is 6.78. The highest BCUT2D eigenvalue weighted by Gasteiger charge is 2.33. The molecule has 1 aliphatic rings. The van der Waals surface area contributed by atoms with Gasteiger partial charge in [-0.05, 0) is 18.2 Å². The van der Waals surface area contributed by atoms with Crippen LogP contribution in [0, 0.1) is 0 Å². The van der Waals surface area contributed by atoms with Gasteiger partial charge in [0.05, 0.1) is 6.61 Å². The molecule has 0 unspecified atom stereocenters. The molecule has 6 nitrogen and oxygen atoms in total. The monoisotopic (exact) mass is 414 g/mol. The Labute approximate surface area is 172 Å². The average Bonchev–Trinajstić information content (AvgIpc) is 3.26. The van der Waals surface area contributed by atoms with Crippen molar-refractivity contribution in [1.82, 2.24) is 9.88 Å². The molecule has 7 heteroatoms. The van der Waals surface area contributed by atoms with Gasteiger partial charge in [0, 0.05) is 38.5 Å². The van der Waals surface area contributed by atoms with E-state index in [0.29, 0.717) is 31.8 Å². The molecule has 3 rings (SSSR count). The predicted octanol–water partition coefficient (Wildman–Crippen LogP) is 3.60. The maximum atomic E-state index is 12.8. The number of aromatic nitrogens is 1. The van der Waals surface area contributed by atoms with Gasteiger partial charge < -0.3 is 19.4 Å². The Kier molecular flexibility index (Phi) is 6.59. The normalized spacial score (nSPS) is 19.3. The Morgan fingerprint density at radius 1 is 1.31 bits per heavy atom. The van der Waals surface area contributed by atoms with Crippen molar-refractivity contribution in [3.63, 3.8) is 0 Å². The molecule has 1 fully saturated rings. The fourth-order valence-electron chi connectivity index (χ4n) is 3.45. The van der Waals surface area contributed by atoms with Crippen LogP contribution in [0.4, 0.5) is 0 Å². The van der Waals surface area contributed by atoms with Crippen LogP contribution in [0.25, 0.3) is 10.9 Å². The molecule has 1 saturated heterocycles. The van der Waals surface area contributed by atoms with E-state index in [1.54, 1.807) is 6.08 Å². The van der Waals surface area contributed by atoms with Gasteiger partial charge in [0.25, 0.3) is 0 Å². The van der Waals surface area contributed by atoms with Crippen molar-refractivity contribution in [3.8, 4) is 0 Å². The van der Waals surface area contributed by atoms with E-state index in [0.717, 1.165) is 16.9 Å². The molecule has 0 amide bonds. The molecule has 2 aromatic rings. The quantitative estimate of drug-likeness (QED) is 0.406. The van der Waals surface area contributed by atoms with E-state index in [1.807, 2.05) is 34.9 Å². The summed E-state index contributed by atoms with van der Waals surface area (Å²) in [4.78, 5) is 25.1. The fourth-order valence-corrected chi connectivity index (χ4v) is 4.16. The molecule has 0 bridgehead atoms. The molecule has 1 aromatic carbocycles. The molecule has 29 heavy (non-hydrogen) atoms. The first kappa shape index (κ1) is 21.3. The summed E-state index contributed by atoms with van der Waals surface area (Å²) < 4.78 is 13.0. The zero-order valence-corrected chi connectivity index (χ0v) is 18.4. The maximum absolute atomic E-state index is 12.8. The van der Waals surface area contributed by atoms with Crippen molar-refractivity contribution >= 4 is 30.9 Å². The minimum Gasteiger partial charge on any atom is -0.465 e. The zero-order chi connectivity index (χ0) is 21.0. The number of para-hydroxylation sites is 1. The van der Waals surface area contributed by atoms with E-state index in [1.165, 1.54) is 0 Å². The molecular weight excluding hydrogens is 384 g/mol. The second-order valence-corrected chi connectivity index (χ2v) is 14.3. The first-order valence-corrected chi connectivity index (χ1v) is 13.8. The highest BCUT2D eigenvalue weighted by molar-refractivity contribution is 6.76. The number of hydrogen-bond donors (Lipinski definition) is 1. The summed E-state index contributed by atoms with van der Waals surface area (Å²) in [5.74, 6) is -0.648. The van der Waals surface area contributed by atoms with Gasteiger partial charge in [0.1, 0.15) is 17.8 Å². The van der Waals surface area contributed by atoms with Gasteiger partial charge in [-0.1, -0.05) is 43.9 Å². The van der Waals surface area contributed by atoms with Crippen LogP contribution in [-0.2, 0) is 20.8 Å². The molecule has 0 spiro atoms. The maximum Gasteiger partial charge on any atom is 0.355 e. The van der Waals surface area contributed by atoms with Crippen LogP contribution >= 0.6 is 0 Å². The molecule has 0 aliphatic carbocycles. The minimum atomic E-state index is -1.24. The number of ether oxygens (including phenoxy) is 2. The SMILES string of the molecule is C=CCn1c(C(=O)O[C@H]2CN[C@H](C(=O)OCC[Si](C)(C)C)C2)cc2ccccc21. The first-order valence-electron chi connectivity index (χ1n) is 10.1. The highest BCUT2D eigenvalue weighted by Crippen LogP contribution is 2.22. The van der Waals surface area contributed by atoms with Crippen LogP contribution in [-0.4, -0.2) is 49.9 Å².